The van der Waals surface area contributed by atoms with Gasteiger partial charge in [0, 0.05) is 6.42 Å². The van der Waals surface area contributed by atoms with Gasteiger partial charge in [0.15, 0.2) is 6.29 Å². The zero-order valence-electron chi connectivity index (χ0n) is 8.39. The minimum Gasteiger partial charge on any atom is -0.393 e. The van der Waals surface area contributed by atoms with Gasteiger partial charge < -0.3 is 14.6 Å². The molecule has 0 aromatic carbocycles. The van der Waals surface area contributed by atoms with Gasteiger partial charge in [-0.25, -0.2) is 0 Å². The molecule has 0 spiro atoms. The number of hydrogen-bond acceptors (Lipinski definition) is 3. The molecule has 0 amide bonds. The van der Waals surface area contributed by atoms with Crippen molar-refractivity contribution in [3.8, 4) is 0 Å². The summed E-state index contributed by atoms with van der Waals surface area (Å²) in [6.45, 7) is 5.18. The Morgan fingerprint density at radius 2 is 2.00 bits per heavy atom. The molecule has 1 saturated heterocycles. The average Bonchev–Trinajstić information content (AvgIpc) is 2.79. The summed E-state index contributed by atoms with van der Waals surface area (Å²) in [5.41, 5.74) is 0. The Morgan fingerprint density at radius 3 is 2.64 bits per heavy atom. The fourth-order valence-corrected chi connectivity index (χ4v) is 2.47. The average molecular weight is 198 g/mol. The summed E-state index contributed by atoms with van der Waals surface area (Å²) < 4.78 is 10.8. The van der Waals surface area contributed by atoms with Crippen LogP contribution in [0, 0.1) is 11.8 Å². The molecule has 3 nitrogen and oxygen atoms in total. The molecule has 0 aromatic heterocycles. The quantitative estimate of drug-likeness (QED) is 0.695. The van der Waals surface area contributed by atoms with E-state index in [1.165, 1.54) is 0 Å². The molecule has 0 bridgehead atoms. The van der Waals surface area contributed by atoms with Gasteiger partial charge >= 0.3 is 0 Å². The van der Waals surface area contributed by atoms with E-state index >= 15 is 0 Å². The lowest BCUT2D eigenvalue weighted by Crippen LogP contribution is -2.24. The van der Waals surface area contributed by atoms with Crippen molar-refractivity contribution in [1.82, 2.24) is 0 Å². The van der Waals surface area contributed by atoms with Crippen LogP contribution in [0.1, 0.15) is 19.3 Å². The molecule has 14 heavy (non-hydrogen) atoms. The third-order valence-electron chi connectivity index (χ3n) is 3.30. The van der Waals surface area contributed by atoms with Crippen molar-refractivity contribution in [1.29, 1.82) is 0 Å². The molecule has 1 saturated carbocycles. The molecule has 2 aliphatic rings. The molecule has 3 atom stereocenters. The first-order chi connectivity index (χ1) is 6.81. The molecule has 80 valence electrons. The fourth-order valence-electron chi connectivity index (χ4n) is 2.47. The molecule has 1 N–H and O–H groups in total. The van der Waals surface area contributed by atoms with Crippen molar-refractivity contribution in [2.24, 2.45) is 11.8 Å². The predicted molar refractivity (Wildman–Crippen MR) is 52.7 cm³/mol. The lowest BCUT2D eigenvalue weighted by atomic mass is 9.91. The van der Waals surface area contributed by atoms with Gasteiger partial charge in [-0.2, -0.15) is 0 Å². The van der Waals surface area contributed by atoms with Gasteiger partial charge in [0.05, 0.1) is 19.3 Å². The first kappa shape index (κ1) is 10.1. The highest BCUT2D eigenvalue weighted by Crippen LogP contribution is 2.36. The van der Waals surface area contributed by atoms with E-state index in [0.29, 0.717) is 19.1 Å². The zero-order valence-corrected chi connectivity index (χ0v) is 8.39. The molecule has 0 radical (unpaired) electrons. The summed E-state index contributed by atoms with van der Waals surface area (Å²) in [4.78, 5) is 0. The Hall–Kier alpha value is -0.380. The van der Waals surface area contributed by atoms with Crippen molar-refractivity contribution in [3.05, 3.63) is 12.7 Å². The maximum absolute atomic E-state index is 9.79. The number of rotatable bonds is 3. The lowest BCUT2D eigenvalue weighted by Gasteiger charge is -2.22. The third-order valence-corrected chi connectivity index (χ3v) is 3.30. The molecule has 1 unspecified atom stereocenters. The number of aliphatic hydroxyl groups is 1. The second-order valence-electron chi connectivity index (χ2n) is 4.11. The predicted octanol–water partition coefficient (Wildman–Crippen LogP) is 1.32. The topological polar surface area (TPSA) is 38.7 Å². The smallest absolute Gasteiger partial charge is 0.158 e. The maximum atomic E-state index is 9.79. The standard InChI is InChI=1S/C11H18O3/c1-2-8-3-4-10(12)9(8)7-11-13-5-6-14-11/h2,8-12H,1,3-7H2/t8-,9+,10?/m0/s1. The van der Waals surface area contributed by atoms with Gasteiger partial charge in [-0.05, 0) is 24.7 Å². The van der Waals surface area contributed by atoms with Gasteiger partial charge in [-0.3, -0.25) is 0 Å². The highest BCUT2D eigenvalue weighted by atomic mass is 16.7. The molecular formula is C11H18O3. The Morgan fingerprint density at radius 1 is 1.29 bits per heavy atom. The van der Waals surface area contributed by atoms with Crippen LogP contribution in [0.25, 0.3) is 0 Å². The third kappa shape index (κ3) is 2.00. The van der Waals surface area contributed by atoms with Crippen LogP contribution in [0.3, 0.4) is 0 Å². The molecule has 3 heteroatoms. The highest BCUT2D eigenvalue weighted by molar-refractivity contribution is 4.94. The second-order valence-corrected chi connectivity index (χ2v) is 4.11. The first-order valence-corrected chi connectivity index (χ1v) is 5.35. The van der Waals surface area contributed by atoms with E-state index < -0.39 is 0 Å². The fraction of sp³-hybridized carbons (Fsp3) is 0.818. The van der Waals surface area contributed by atoms with Crippen LogP contribution >= 0.6 is 0 Å². The number of ether oxygens (including phenoxy) is 2. The first-order valence-electron chi connectivity index (χ1n) is 5.35. The maximum Gasteiger partial charge on any atom is 0.158 e. The van der Waals surface area contributed by atoms with E-state index in [9.17, 15) is 5.11 Å². The van der Waals surface area contributed by atoms with Gasteiger partial charge in [0.1, 0.15) is 0 Å². The van der Waals surface area contributed by atoms with Crippen LogP contribution in [0.15, 0.2) is 12.7 Å². The summed E-state index contributed by atoms with van der Waals surface area (Å²) >= 11 is 0. The van der Waals surface area contributed by atoms with Crippen molar-refractivity contribution in [2.45, 2.75) is 31.7 Å². The minimum absolute atomic E-state index is 0.102. The van der Waals surface area contributed by atoms with Gasteiger partial charge in [0.2, 0.25) is 0 Å². The van der Waals surface area contributed by atoms with Crippen molar-refractivity contribution in [3.63, 3.8) is 0 Å². The monoisotopic (exact) mass is 198 g/mol. The molecule has 0 aromatic rings. The van der Waals surface area contributed by atoms with Gasteiger partial charge in [-0.1, -0.05) is 6.08 Å². The van der Waals surface area contributed by atoms with Crippen LogP contribution in [-0.2, 0) is 9.47 Å². The second kappa shape index (κ2) is 4.43. The van der Waals surface area contributed by atoms with Crippen LogP contribution in [0.5, 0.6) is 0 Å². The van der Waals surface area contributed by atoms with Gasteiger partial charge in [0.25, 0.3) is 0 Å². The van der Waals surface area contributed by atoms with Gasteiger partial charge in [-0.15, -0.1) is 6.58 Å². The summed E-state index contributed by atoms with van der Waals surface area (Å²) in [6, 6.07) is 0. The molecule has 1 aliphatic heterocycles. The number of hydrogen-bond donors (Lipinski definition) is 1. The Labute approximate surface area is 84.7 Å². The largest absolute Gasteiger partial charge is 0.393 e. The van der Waals surface area contributed by atoms with Crippen LogP contribution in [0.4, 0.5) is 0 Å². The summed E-state index contributed by atoms with van der Waals surface area (Å²) in [6.07, 6.45) is 4.38. The van der Waals surface area contributed by atoms with Crippen LogP contribution < -0.4 is 0 Å². The Bertz CT molecular complexity index is 199. The molecular weight excluding hydrogens is 180 g/mol. The summed E-state index contributed by atoms with van der Waals surface area (Å²) in [5.74, 6) is 0.702. The van der Waals surface area contributed by atoms with E-state index in [-0.39, 0.29) is 18.3 Å². The van der Waals surface area contributed by atoms with Crippen molar-refractivity contribution in [2.75, 3.05) is 13.2 Å². The van der Waals surface area contributed by atoms with E-state index in [1.807, 2.05) is 6.08 Å². The Kier molecular flexibility index (Phi) is 3.21. The van der Waals surface area contributed by atoms with Crippen molar-refractivity contribution < 1.29 is 14.6 Å². The SMILES string of the molecule is C=C[C@H]1CCC(O)[C@@H]1CC1OCCO1. The Balaban J connectivity index is 1.90. The minimum atomic E-state index is -0.203. The lowest BCUT2D eigenvalue weighted by molar-refractivity contribution is -0.0688. The van der Waals surface area contributed by atoms with E-state index in [4.69, 9.17) is 9.47 Å². The van der Waals surface area contributed by atoms with E-state index in [1.54, 1.807) is 0 Å². The van der Waals surface area contributed by atoms with E-state index in [2.05, 4.69) is 6.58 Å². The molecule has 1 heterocycles. The normalized spacial score (nSPS) is 39.1. The van der Waals surface area contributed by atoms with Crippen LogP contribution in [-0.4, -0.2) is 30.7 Å². The number of allylic oxidation sites excluding steroid dienone is 1. The summed E-state index contributed by atoms with van der Waals surface area (Å²) in [5, 5.41) is 9.79. The molecule has 2 fully saturated rings. The zero-order chi connectivity index (χ0) is 9.97. The number of aliphatic hydroxyl groups excluding tert-OH is 1. The molecule has 2 rings (SSSR count). The highest BCUT2D eigenvalue weighted by Gasteiger charge is 2.35. The van der Waals surface area contributed by atoms with Crippen LogP contribution in [0.2, 0.25) is 0 Å². The molecule has 1 aliphatic carbocycles. The summed E-state index contributed by atoms with van der Waals surface area (Å²) in [7, 11) is 0. The van der Waals surface area contributed by atoms with E-state index in [0.717, 1.165) is 19.3 Å². The van der Waals surface area contributed by atoms with Crippen molar-refractivity contribution >= 4 is 0 Å².